The smallest absolute Gasteiger partial charge is 0.271 e. The van der Waals surface area contributed by atoms with Gasteiger partial charge in [0.2, 0.25) is 0 Å². The van der Waals surface area contributed by atoms with E-state index >= 15 is 0 Å². The topological polar surface area (TPSA) is 70.9 Å². The quantitative estimate of drug-likeness (QED) is 0.825. The van der Waals surface area contributed by atoms with E-state index in [0.717, 1.165) is 17.9 Å². The molecule has 1 aliphatic rings. The molecule has 0 fully saturated rings. The summed E-state index contributed by atoms with van der Waals surface area (Å²) in [6.45, 7) is 6.79. The maximum atomic E-state index is 12.0. The first kappa shape index (κ1) is 12.0. The molecule has 0 unspecified atom stereocenters. The second kappa shape index (κ2) is 3.98. The first-order valence-electron chi connectivity index (χ1n) is 6.38. The molecule has 1 amide bonds. The molecule has 19 heavy (non-hydrogen) atoms. The molecular weight excluding hydrogens is 242 g/mol. The molecule has 2 aromatic heterocycles. The summed E-state index contributed by atoms with van der Waals surface area (Å²) in [5, 5.41) is 2.91. The normalized spacial score (nSPS) is 17.7. The Morgan fingerprint density at radius 2 is 2.16 bits per heavy atom. The van der Waals surface area contributed by atoms with Crippen LogP contribution in [0.15, 0.2) is 16.5 Å². The number of amides is 1. The van der Waals surface area contributed by atoms with Crippen molar-refractivity contribution in [2.45, 2.75) is 27.2 Å². The summed E-state index contributed by atoms with van der Waals surface area (Å²) in [5.41, 5.74) is 1.38. The van der Waals surface area contributed by atoms with E-state index < -0.39 is 0 Å². The van der Waals surface area contributed by atoms with Crippen LogP contribution >= 0.6 is 0 Å². The largest absolute Gasteiger partial charge is 0.458 e. The lowest BCUT2D eigenvalue weighted by atomic mass is 9.88. The van der Waals surface area contributed by atoms with Crippen LogP contribution in [0.25, 0.3) is 11.6 Å². The van der Waals surface area contributed by atoms with Crippen LogP contribution in [0, 0.1) is 12.3 Å². The summed E-state index contributed by atoms with van der Waals surface area (Å²) in [6, 6.07) is 3.74. The minimum atomic E-state index is -0.119. The zero-order chi connectivity index (χ0) is 13.6. The van der Waals surface area contributed by atoms with Gasteiger partial charge in [0.05, 0.1) is 0 Å². The number of fused-ring (bicyclic) bond motifs is 1. The highest BCUT2D eigenvalue weighted by atomic mass is 16.3. The van der Waals surface area contributed by atoms with Gasteiger partial charge in [-0.3, -0.25) is 4.79 Å². The number of H-pyrrole nitrogens is 1. The Balaban J connectivity index is 2.05. The second-order valence-electron chi connectivity index (χ2n) is 5.85. The predicted molar refractivity (Wildman–Crippen MR) is 70.8 cm³/mol. The number of aromatic amines is 1. The minimum absolute atomic E-state index is 0.0177. The molecule has 0 aliphatic carbocycles. The van der Waals surface area contributed by atoms with Gasteiger partial charge in [-0.05, 0) is 30.9 Å². The monoisotopic (exact) mass is 259 g/mol. The number of imidazole rings is 1. The van der Waals surface area contributed by atoms with Gasteiger partial charge in [0.25, 0.3) is 5.91 Å². The molecule has 0 atom stereocenters. The van der Waals surface area contributed by atoms with E-state index in [-0.39, 0.29) is 11.3 Å². The maximum Gasteiger partial charge on any atom is 0.271 e. The third-order valence-electron chi connectivity index (χ3n) is 3.35. The number of nitrogens with one attached hydrogen (secondary N) is 2. The first-order valence-corrected chi connectivity index (χ1v) is 6.38. The third-order valence-corrected chi connectivity index (χ3v) is 3.35. The van der Waals surface area contributed by atoms with Crippen LogP contribution < -0.4 is 5.32 Å². The van der Waals surface area contributed by atoms with Crippen LogP contribution in [0.2, 0.25) is 0 Å². The van der Waals surface area contributed by atoms with Crippen molar-refractivity contribution in [3.63, 3.8) is 0 Å². The molecule has 1 aliphatic heterocycles. The molecule has 0 bridgehead atoms. The molecule has 0 saturated carbocycles. The van der Waals surface area contributed by atoms with Crippen LogP contribution in [0.1, 0.15) is 35.8 Å². The average molecular weight is 259 g/mol. The summed E-state index contributed by atoms with van der Waals surface area (Å²) in [5.74, 6) is 1.99. The molecule has 5 heteroatoms. The summed E-state index contributed by atoms with van der Waals surface area (Å²) < 4.78 is 5.54. The van der Waals surface area contributed by atoms with Gasteiger partial charge in [0.15, 0.2) is 11.6 Å². The Labute approximate surface area is 111 Å². The number of hydrogen-bond donors (Lipinski definition) is 2. The number of carbonyl (C=O) groups excluding carboxylic acids is 1. The molecule has 2 aromatic rings. The number of nitrogens with zero attached hydrogens (tertiary/aromatic N) is 1. The molecule has 0 aromatic carbocycles. The summed E-state index contributed by atoms with van der Waals surface area (Å²) in [4.78, 5) is 19.6. The highest BCUT2D eigenvalue weighted by molar-refractivity contribution is 5.94. The number of hydrogen-bond acceptors (Lipinski definition) is 3. The van der Waals surface area contributed by atoms with Gasteiger partial charge in [-0.25, -0.2) is 4.98 Å². The van der Waals surface area contributed by atoms with Crippen molar-refractivity contribution in [3.8, 4) is 11.6 Å². The summed E-state index contributed by atoms with van der Waals surface area (Å²) >= 11 is 0. The number of rotatable bonds is 1. The van der Waals surface area contributed by atoms with E-state index in [1.807, 2.05) is 19.1 Å². The van der Waals surface area contributed by atoms with E-state index in [1.165, 1.54) is 0 Å². The molecule has 3 heterocycles. The Hall–Kier alpha value is -2.04. The van der Waals surface area contributed by atoms with Crippen LogP contribution in [-0.2, 0) is 6.42 Å². The van der Waals surface area contributed by atoms with Gasteiger partial charge in [0.1, 0.15) is 11.5 Å². The van der Waals surface area contributed by atoms with Crippen molar-refractivity contribution in [3.05, 3.63) is 29.3 Å². The van der Waals surface area contributed by atoms with Crippen LogP contribution in [0.3, 0.4) is 0 Å². The summed E-state index contributed by atoms with van der Waals surface area (Å²) in [6.07, 6.45) is 0.785. The predicted octanol–water partition coefficient (Wildman–Crippen LogP) is 2.29. The van der Waals surface area contributed by atoms with Crippen molar-refractivity contribution in [2.24, 2.45) is 5.41 Å². The standard InChI is InChI=1S/C14H17N3O2/c1-8-4-5-10(19-8)12-16-9-6-14(2,3)7-15-13(18)11(9)17-12/h4-5H,6-7H2,1-3H3,(H,15,18)(H,16,17). The fraction of sp³-hybridized carbons (Fsp3) is 0.429. The molecule has 3 rings (SSSR count). The fourth-order valence-corrected chi connectivity index (χ4v) is 2.35. The highest BCUT2D eigenvalue weighted by Crippen LogP contribution is 2.28. The number of carbonyl (C=O) groups is 1. The van der Waals surface area contributed by atoms with E-state index in [2.05, 4.69) is 29.1 Å². The molecule has 5 nitrogen and oxygen atoms in total. The maximum absolute atomic E-state index is 12.0. The molecule has 100 valence electrons. The van der Waals surface area contributed by atoms with E-state index in [4.69, 9.17) is 4.42 Å². The highest BCUT2D eigenvalue weighted by Gasteiger charge is 2.30. The zero-order valence-corrected chi connectivity index (χ0v) is 11.3. The van der Waals surface area contributed by atoms with Gasteiger partial charge in [-0.2, -0.15) is 0 Å². The Morgan fingerprint density at radius 1 is 1.37 bits per heavy atom. The van der Waals surface area contributed by atoms with Crippen molar-refractivity contribution < 1.29 is 9.21 Å². The lowest BCUT2D eigenvalue weighted by molar-refractivity contribution is 0.0940. The van der Waals surface area contributed by atoms with Crippen molar-refractivity contribution in [1.29, 1.82) is 0 Å². The summed E-state index contributed by atoms with van der Waals surface area (Å²) in [7, 11) is 0. The van der Waals surface area contributed by atoms with Gasteiger partial charge >= 0.3 is 0 Å². The van der Waals surface area contributed by atoms with Gasteiger partial charge in [-0.1, -0.05) is 13.8 Å². The van der Waals surface area contributed by atoms with E-state index in [9.17, 15) is 4.79 Å². The first-order chi connectivity index (χ1) is 8.94. The van der Waals surface area contributed by atoms with Crippen LogP contribution in [0.5, 0.6) is 0 Å². The SMILES string of the molecule is Cc1ccc(-c2nc3c([nH]2)CC(C)(C)CNC3=O)o1. The molecule has 2 N–H and O–H groups in total. The van der Waals surface area contributed by atoms with Crippen molar-refractivity contribution >= 4 is 5.91 Å². The Bertz CT molecular complexity index is 637. The van der Waals surface area contributed by atoms with Crippen molar-refractivity contribution in [1.82, 2.24) is 15.3 Å². The molecule has 0 spiro atoms. The lowest BCUT2D eigenvalue weighted by Crippen LogP contribution is -2.32. The third kappa shape index (κ3) is 2.16. The Kier molecular flexibility index (Phi) is 2.52. The van der Waals surface area contributed by atoms with Gasteiger partial charge in [0, 0.05) is 12.2 Å². The van der Waals surface area contributed by atoms with Crippen LogP contribution in [0.4, 0.5) is 0 Å². The van der Waals surface area contributed by atoms with Crippen LogP contribution in [-0.4, -0.2) is 22.4 Å². The number of aryl methyl sites for hydroxylation is 1. The molecule has 0 saturated heterocycles. The van der Waals surface area contributed by atoms with Gasteiger partial charge in [-0.15, -0.1) is 0 Å². The molecular formula is C14H17N3O2. The average Bonchev–Trinajstić information content (AvgIpc) is 2.90. The van der Waals surface area contributed by atoms with Gasteiger partial charge < -0.3 is 14.7 Å². The number of furan rings is 1. The number of aromatic nitrogens is 2. The fourth-order valence-electron chi connectivity index (χ4n) is 2.35. The Morgan fingerprint density at radius 3 is 2.84 bits per heavy atom. The van der Waals surface area contributed by atoms with E-state index in [1.54, 1.807) is 0 Å². The minimum Gasteiger partial charge on any atom is -0.458 e. The van der Waals surface area contributed by atoms with Crippen molar-refractivity contribution in [2.75, 3.05) is 6.54 Å². The zero-order valence-electron chi connectivity index (χ0n) is 11.3. The lowest BCUT2D eigenvalue weighted by Gasteiger charge is -2.21. The second-order valence-corrected chi connectivity index (χ2v) is 5.85. The molecule has 0 radical (unpaired) electrons. The van der Waals surface area contributed by atoms with E-state index in [0.29, 0.717) is 23.8 Å².